The Balaban J connectivity index is 1.28. The summed E-state index contributed by atoms with van der Waals surface area (Å²) in [6.07, 6.45) is 0. The predicted molar refractivity (Wildman–Crippen MR) is 226 cm³/mol. The fraction of sp³-hybridized carbons (Fsp3) is 0. The Morgan fingerprint density at radius 2 is 1.02 bits per heavy atom. The zero-order valence-corrected chi connectivity index (χ0v) is 28.6. The fourth-order valence-corrected chi connectivity index (χ4v) is 10.8. The van der Waals surface area contributed by atoms with E-state index in [2.05, 4.69) is 173 Å². The summed E-state index contributed by atoms with van der Waals surface area (Å²) >= 11 is 0. The Morgan fingerprint density at radius 1 is 0.377 bits per heavy atom. The largest absolute Gasteiger partial charge is 0.375 e. The minimum atomic E-state index is 0.00466. The average Bonchev–Trinajstić information content (AvgIpc) is 3.87. The molecule has 53 heavy (non-hydrogen) atoms. The molecule has 0 amide bonds. The first-order chi connectivity index (χ1) is 26.3. The third-order valence-corrected chi connectivity index (χ3v) is 12.7. The van der Waals surface area contributed by atoms with E-state index in [0.29, 0.717) is 0 Å². The van der Waals surface area contributed by atoms with Crippen LogP contribution in [0.4, 0.5) is 0 Å². The first-order valence-corrected chi connectivity index (χ1v) is 18.6. The Kier molecular flexibility index (Phi) is 4.64. The van der Waals surface area contributed by atoms with Crippen LogP contribution in [-0.4, -0.2) is 15.7 Å². The van der Waals surface area contributed by atoms with Crippen molar-refractivity contribution in [2.24, 2.45) is 0 Å². The topological polar surface area (TPSA) is 9.34 Å². The lowest BCUT2D eigenvalue weighted by Gasteiger charge is -2.32. The number of nitrogens with zero attached hydrogens (tertiary/aromatic N) is 2. The minimum Gasteiger partial charge on any atom is -0.375 e. The number of aromatic nitrogens is 2. The highest BCUT2D eigenvalue weighted by Gasteiger charge is 2.43. The molecule has 3 heteroatoms. The number of hydrogen-bond donors (Lipinski definition) is 0. The molecule has 2 aliphatic heterocycles. The van der Waals surface area contributed by atoms with E-state index in [9.17, 15) is 0 Å². The van der Waals surface area contributed by atoms with Gasteiger partial charge in [0.1, 0.15) is 0 Å². The van der Waals surface area contributed by atoms with Gasteiger partial charge in [-0.05, 0) is 84.6 Å². The lowest BCUT2D eigenvalue weighted by molar-refractivity contribution is 1.31. The van der Waals surface area contributed by atoms with Crippen molar-refractivity contribution in [2.75, 3.05) is 0 Å². The number of fused-ring (bicyclic) bond motifs is 13. The molecule has 0 N–H and O–H groups in total. The fourth-order valence-electron chi connectivity index (χ4n) is 10.8. The lowest BCUT2D eigenvalue weighted by Crippen LogP contribution is -2.54. The van der Waals surface area contributed by atoms with Gasteiger partial charge in [-0.2, -0.15) is 0 Å². The second-order valence-corrected chi connectivity index (χ2v) is 15.2. The summed E-state index contributed by atoms with van der Waals surface area (Å²) in [5.74, 6) is 0. The van der Waals surface area contributed by atoms with Crippen LogP contribution in [0.15, 0.2) is 164 Å². The summed E-state index contributed by atoms with van der Waals surface area (Å²) in [5, 5.41) is 13.3. The molecule has 2 nitrogen and oxygen atoms in total. The van der Waals surface area contributed by atoms with Crippen molar-refractivity contribution < 1.29 is 0 Å². The second kappa shape index (κ2) is 9.14. The first-order valence-electron chi connectivity index (χ1n) is 18.6. The van der Waals surface area contributed by atoms with Gasteiger partial charge < -0.3 is 8.88 Å². The number of para-hydroxylation sites is 1. The summed E-state index contributed by atoms with van der Waals surface area (Å²) in [6.45, 7) is 0.00466. The Hall–Kier alpha value is -6.84. The minimum absolute atomic E-state index is 0.00466. The molecule has 0 radical (unpaired) electrons. The molecule has 0 saturated carbocycles. The molecule has 0 unspecified atom stereocenters. The van der Waals surface area contributed by atoms with Crippen molar-refractivity contribution in [3.63, 3.8) is 0 Å². The van der Waals surface area contributed by atoms with Gasteiger partial charge in [0.05, 0.1) is 16.6 Å². The van der Waals surface area contributed by atoms with E-state index in [4.69, 9.17) is 0 Å². The highest BCUT2D eigenvalue weighted by Crippen LogP contribution is 2.50. The molecule has 3 aromatic heterocycles. The molecule has 2 aliphatic rings. The van der Waals surface area contributed by atoms with E-state index in [0.717, 1.165) is 0 Å². The van der Waals surface area contributed by atoms with Crippen LogP contribution in [0.2, 0.25) is 0 Å². The van der Waals surface area contributed by atoms with Crippen LogP contribution in [0.1, 0.15) is 0 Å². The zero-order valence-electron chi connectivity index (χ0n) is 28.6. The van der Waals surface area contributed by atoms with Crippen molar-refractivity contribution in [3.05, 3.63) is 164 Å². The molecule has 14 rings (SSSR count). The molecule has 9 aromatic carbocycles. The van der Waals surface area contributed by atoms with Crippen molar-refractivity contribution in [1.29, 1.82) is 0 Å². The third kappa shape index (κ3) is 3.05. The molecule has 12 aromatic rings. The second-order valence-electron chi connectivity index (χ2n) is 15.2. The van der Waals surface area contributed by atoms with Crippen LogP contribution in [0.5, 0.6) is 0 Å². The van der Waals surface area contributed by atoms with Gasteiger partial charge in [0.2, 0.25) is 0 Å². The van der Waals surface area contributed by atoms with Crippen LogP contribution in [-0.2, 0) is 0 Å². The molecule has 0 saturated heterocycles. The maximum absolute atomic E-state index is 2.72. The van der Waals surface area contributed by atoms with Gasteiger partial charge in [0.25, 0.3) is 0 Å². The molecule has 0 atom stereocenters. The van der Waals surface area contributed by atoms with Crippen LogP contribution < -0.4 is 10.9 Å². The van der Waals surface area contributed by atoms with Crippen molar-refractivity contribution in [2.45, 2.75) is 0 Å². The highest BCUT2D eigenvalue weighted by atomic mass is 15.0. The molecule has 0 aliphatic carbocycles. The molecule has 0 fully saturated rings. The van der Waals surface area contributed by atoms with E-state index in [1.807, 2.05) is 0 Å². The maximum Gasteiger partial charge on any atom is 0.333 e. The van der Waals surface area contributed by atoms with E-state index in [1.54, 1.807) is 0 Å². The lowest BCUT2D eigenvalue weighted by atomic mass is 9.45. The molecular weight excluding hydrogens is 639 g/mol. The van der Waals surface area contributed by atoms with Gasteiger partial charge in [-0.1, -0.05) is 140 Å². The molecule has 0 bridgehead atoms. The molecule has 5 heterocycles. The van der Waals surface area contributed by atoms with Gasteiger partial charge in [0, 0.05) is 48.9 Å². The Morgan fingerprint density at radius 3 is 1.81 bits per heavy atom. The number of benzene rings is 9. The monoisotopic (exact) mass is 666 g/mol. The smallest absolute Gasteiger partial charge is 0.333 e. The highest BCUT2D eigenvalue weighted by molar-refractivity contribution is 6.91. The van der Waals surface area contributed by atoms with Crippen LogP contribution in [0.3, 0.4) is 0 Å². The quantitative estimate of drug-likeness (QED) is 0.163. The SMILES string of the molecule is c1ccc(-c2cc3c4c(c2)c2cc(-c5ccccc5)cc5c6c7ccccc7c7c(c6n4c25)B3n2c3ccc4ccccc4c3c3cccc-7c32)cc1. The molecule has 0 spiro atoms. The van der Waals surface area contributed by atoms with Crippen molar-refractivity contribution in [3.8, 4) is 33.4 Å². The first kappa shape index (κ1) is 26.9. The van der Waals surface area contributed by atoms with E-state index in [-0.39, 0.29) is 6.85 Å². The zero-order chi connectivity index (χ0) is 34.1. The predicted octanol–water partition coefficient (Wildman–Crippen LogP) is 11.5. The summed E-state index contributed by atoms with van der Waals surface area (Å²) in [7, 11) is 0. The third-order valence-electron chi connectivity index (χ3n) is 12.7. The van der Waals surface area contributed by atoms with E-state index in [1.165, 1.54) is 126 Å². The number of rotatable bonds is 2. The summed E-state index contributed by atoms with van der Waals surface area (Å²) in [4.78, 5) is 0. The van der Waals surface area contributed by atoms with E-state index < -0.39 is 0 Å². The van der Waals surface area contributed by atoms with Crippen molar-refractivity contribution in [1.82, 2.24) is 8.88 Å². The normalized spacial score (nSPS) is 13.2. The van der Waals surface area contributed by atoms with Gasteiger partial charge >= 0.3 is 6.85 Å². The van der Waals surface area contributed by atoms with Crippen molar-refractivity contribution >= 4 is 99.2 Å². The van der Waals surface area contributed by atoms with Gasteiger partial charge in [0.15, 0.2) is 0 Å². The summed E-state index contributed by atoms with van der Waals surface area (Å²) < 4.78 is 5.39. The van der Waals surface area contributed by atoms with Gasteiger partial charge in [-0.15, -0.1) is 0 Å². The Bertz CT molecular complexity index is 3610. The van der Waals surface area contributed by atoms with Crippen LogP contribution in [0, 0.1) is 0 Å². The maximum atomic E-state index is 2.72. The average molecular weight is 667 g/mol. The number of hydrogen-bond acceptors (Lipinski definition) is 0. The van der Waals surface area contributed by atoms with Crippen LogP contribution >= 0.6 is 0 Å². The van der Waals surface area contributed by atoms with Gasteiger partial charge in [-0.3, -0.25) is 0 Å². The molecular formula is C50H27BN2. The summed E-state index contributed by atoms with van der Waals surface area (Å²) in [6, 6.07) is 61.7. The van der Waals surface area contributed by atoms with Gasteiger partial charge in [-0.25, -0.2) is 0 Å². The Labute approximate surface area is 304 Å². The standard InChI is InChI=1S/C50H27BN2/c1-3-12-28(13-4-1)31-24-38-39-25-32(29-14-5-2-6-15-29)27-41-49(39)52-47(38)40(26-31)45-35-19-10-9-18-34(35)44-37-21-11-20-36-43-33-17-8-7-16-30(33)22-23-42(43)53(48(36)37)51(41)46(44)50(45)52/h1-27H. The molecule has 240 valence electrons. The van der Waals surface area contributed by atoms with Crippen LogP contribution in [0.25, 0.3) is 115 Å². The van der Waals surface area contributed by atoms with E-state index >= 15 is 0 Å². The summed E-state index contributed by atoms with van der Waals surface area (Å²) in [5.41, 5.74) is 17.2.